The third-order valence-corrected chi connectivity index (χ3v) is 5.38. The van der Waals surface area contributed by atoms with Gasteiger partial charge in [0.1, 0.15) is 0 Å². The molecule has 0 fully saturated rings. The Morgan fingerprint density at radius 2 is 1.52 bits per heavy atom. The van der Waals surface area contributed by atoms with E-state index in [1.54, 1.807) is 30.3 Å². The zero-order chi connectivity index (χ0) is 19.6. The van der Waals surface area contributed by atoms with Gasteiger partial charge in [-0.2, -0.15) is 0 Å². The fraction of sp³-hybridized carbons (Fsp3) is 0.0526. The normalized spacial score (nSPS) is 11.4. The van der Waals surface area contributed by atoms with Gasteiger partial charge in [0.2, 0.25) is 10.0 Å². The molecule has 27 heavy (non-hydrogen) atoms. The standard InChI is InChI=1S/C19H16FNO5S/c20-15-8-13(6-7-16(15)22)14-9-17(23)18(24)10-19(14)27(25,26)21-11-12-4-2-1-3-5-12/h1-10,21-24H,11H2. The molecule has 3 rings (SSSR count). The number of nitrogens with one attached hydrogen (secondary N) is 1. The maximum Gasteiger partial charge on any atom is 0.241 e. The summed E-state index contributed by atoms with van der Waals surface area (Å²) in [6, 6.07) is 14.1. The second-order valence-electron chi connectivity index (χ2n) is 5.81. The Morgan fingerprint density at radius 3 is 2.19 bits per heavy atom. The van der Waals surface area contributed by atoms with Crippen molar-refractivity contribution < 1.29 is 28.1 Å². The van der Waals surface area contributed by atoms with Crippen LogP contribution in [0.15, 0.2) is 65.6 Å². The fourth-order valence-corrected chi connectivity index (χ4v) is 3.78. The van der Waals surface area contributed by atoms with Crippen molar-refractivity contribution in [2.75, 3.05) is 0 Å². The topological polar surface area (TPSA) is 107 Å². The summed E-state index contributed by atoms with van der Waals surface area (Å²) in [4.78, 5) is -0.334. The number of benzene rings is 3. The van der Waals surface area contributed by atoms with Crippen molar-refractivity contribution >= 4 is 10.0 Å². The molecule has 0 aliphatic heterocycles. The lowest BCUT2D eigenvalue weighted by Crippen LogP contribution is -2.23. The Labute approximate surface area is 155 Å². The molecule has 0 aliphatic rings. The number of aromatic hydroxyl groups is 3. The van der Waals surface area contributed by atoms with Gasteiger partial charge in [-0.05, 0) is 29.3 Å². The molecule has 0 radical (unpaired) electrons. The predicted molar refractivity (Wildman–Crippen MR) is 97.3 cm³/mol. The molecular formula is C19H16FNO5S. The van der Waals surface area contributed by atoms with Gasteiger partial charge in [0.05, 0.1) is 4.90 Å². The summed E-state index contributed by atoms with van der Waals surface area (Å²) in [6.07, 6.45) is 0. The van der Waals surface area contributed by atoms with Crippen LogP contribution in [0.5, 0.6) is 17.2 Å². The molecule has 0 saturated carbocycles. The molecule has 140 valence electrons. The summed E-state index contributed by atoms with van der Waals surface area (Å²) < 4.78 is 41.7. The smallest absolute Gasteiger partial charge is 0.241 e. The van der Waals surface area contributed by atoms with Crippen LogP contribution in [0.25, 0.3) is 11.1 Å². The average Bonchev–Trinajstić information content (AvgIpc) is 2.65. The van der Waals surface area contributed by atoms with Crippen LogP contribution in [0.4, 0.5) is 4.39 Å². The number of sulfonamides is 1. The lowest BCUT2D eigenvalue weighted by atomic mass is 10.0. The van der Waals surface area contributed by atoms with Crippen LogP contribution >= 0.6 is 0 Å². The molecule has 0 aromatic heterocycles. The molecule has 0 saturated heterocycles. The van der Waals surface area contributed by atoms with E-state index in [1.165, 1.54) is 6.07 Å². The number of hydrogen-bond acceptors (Lipinski definition) is 5. The van der Waals surface area contributed by atoms with Crippen LogP contribution in [0.2, 0.25) is 0 Å². The van der Waals surface area contributed by atoms with Crippen LogP contribution in [0.3, 0.4) is 0 Å². The molecule has 8 heteroatoms. The van der Waals surface area contributed by atoms with Gasteiger partial charge >= 0.3 is 0 Å². The zero-order valence-corrected chi connectivity index (χ0v) is 14.7. The third-order valence-electron chi connectivity index (χ3n) is 3.93. The highest BCUT2D eigenvalue weighted by molar-refractivity contribution is 7.89. The van der Waals surface area contributed by atoms with E-state index in [4.69, 9.17) is 0 Å². The molecule has 0 spiro atoms. The SMILES string of the molecule is O=S(=O)(NCc1ccccc1)c1cc(O)c(O)cc1-c1ccc(O)c(F)c1. The fourth-order valence-electron chi connectivity index (χ4n) is 2.53. The summed E-state index contributed by atoms with van der Waals surface area (Å²) in [5.74, 6) is -2.72. The largest absolute Gasteiger partial charge is 0.505 e. The highest BCUT2D eigenvalue weighted by atomic mass is 32.2. The van der Waals surface area contributed by atoms with E-state index in [0.29, 0.717) is 0 Å². The number of phenols is 3. The van der Waals surface area contributed by atoms with Crippen molar-refractivity contribution in [1.82, 2.24) is 4.72 Å². The van der Waals surface area contributed by atoms with Crippen LogP contribution in [0.1, 0.15) is 5.56 Å². The number of phenolic OH excluding ortho intramolecular Hbond substituents is 3. The lowest BCUT2D eigenvalue weighted by molar-refractivity contribution is 0.402. The first kappa shape index (κ1) is 18.7. The molecule has 0 amide bonds. The van der Waals surface area contributed by atoms with Gasteiger partial charge < -0.3 is 15.3 Å². The van der Waals surface area contributed by atoms with E-state index in [1.807, 2.05) is 0 Å². The Morgan fingerprint density at radius 1 is 0.852 bits per heavy atom. The van der Waals surface area contributed by atoms with Crippen molar-refractivity contribution in [3.63, 3.8) is 0 Å². The average molecular weight is 389 g/mol. The number of rotatable bonds is 5. The van der Waals surface area contributed by atoms with Gasteiger partial charge in [-0.3, -0.25) is 0 Å². The van der Waals surface area contributed by atoms with Crippen LogP contribution in [0, 0.1) is 5.82 Å². The number of hydrogen-bond donors (Lipinski definition) is 4. The molecule has 6 nitrogen and oxygen atoms in total. The number of halogens is 1. The third kappa shape index (κ3) is 4.02. The maximum atomic E-state index is 13.7. The quantitative estimate of drug-likeness (QED) is 0.502. The molecule has 4 N–H and O–H groups in total. The van der Waals surface area contributed by atoms with Gasteiger partial charge in [0.25, 0.3) is 0 Å². The van der Waals surface area contributed by atoms with E-state index < -0.39 is 33.1 Å². The maximum absolute atomic E-state index is 13.7. The van der Waals surface area contributed by atoms with E-state index in [0.717, 1.165) is 29.8 Å². The molecule has 3 aromatic carbocycles. The first-order valence-electron chi connectivity index (χ1n) is 7.86. The highest BCUT2D eigenvalue weighted by Gasteiger charge is 2.22. The van der Waals surface area contributed by atoms with Gasteiger partial charge in [0.15, 0.2) is 23.1 Å². The summed E-state index contributed by atoms with van der Waals surface area (Å²) in [7, 11) is -4.11. The summed E-state index contributed by atoms with van der Waals surface area (Å²) in [5, 5.41) is 28.9. The zero-order valence-electron chi connectivity index (χ0n) is 13.9. The van der Waals surface area contributed by atoms with Crippen LogP contribution in [-0.4, -0.2) is 23.7 Å². The Kier molecular flexibility index (Phi) is 5.02. The van der Waals surface area contributed by atoms with Crippen molar-refractivity contribution in [3.05, 3.63) is 72.0 Å². The Bertz CT molecular complexity index is 1080. The van der Waals surface area contributed by atoms with E-state index in [-0.39, 0.29) is 22.6 Å². The molecular weight excluding hydrogens is 373 g/mol. The molecule has 0 atom stereocenters. The van der Waals surface area contributed by atoms with E-state index >= 15 is 0 Å². The highest BCUT2D eigenvalue weighted by Crippen LogP contribution is 2.37. The monoisotopic (exact) mass is 389 g/mol. The van der Waals surface area contributed by atoms with Crippen molar-refractivity contribution in [2.45, 2.75) is 11.4 Å². The molecule has 3 aromatic rings. The molecule has 0 bridgehead atoms. The van der Waals surface area contributed by atoms with E-state index in [2.05, 4.69) is 4.72 Å². The summed E-state index contributed by atoms with van der Waals surface area (Å²) in [6.45, 7) is 0.00813. The van der Waals surface area contributed by atoms with Crippen molar-refractivity contribution in [3.8, 4) is 28.4 Å². The first-order valence-corrected chi connectivity index (χ1v) is 9.35. The summed E-state index contributed by atoms with van der Waals surface area (Å²) in [5.41, 5.74) is 0.812. The summed E-state index contributed by atoms with van der Waals surface area (Å²) >= 11 is 0. The van der Waals surface area contributed by atoms with Crippen LogP contribution < -0.4 is 4.72 Å². The Balaban J connectivity index is 2.05. The van der Waals surface area contributed by atoms with Crippen LogP contribution in [-0.2, 0) is 16.6 Å². The van der Waals surface area contributed by atoms with Gasteiger partial charge in [-0.1, -0.05) is 36.4 Å². The van der Waals surface area contributed by atoms with Gasteiger partial charge in [-0.15, -0.1) is 0 Å². The minimum atomic E-state index is -4.11. The lowest BCUT2D eigenvalue weighted by Gasteiger charge is -2.14. The van der Waals surface area contributed by atoms with Gasteiger partial charge in [-0.25, -0.2) is 17.5 Å². The minimum Gasteiger partial charge on any atom is -0.505 e. The first-order chi connectivity index (χ1) is 12.8. The second kappa shape index (κ2) is 7.26. The van der Waals surface area contributed by atoms with E-state index in [9.17, 15) is 28.1 Å². The van der Waals surface area contributed by atoms with Crippen molar-refractivity contribution in [2.24, 2.45) is 0 Å². The molecule has 0 heterocycles. The minimum absolute atomic E-state index is 0.00813. The predicted octanol–water partition coefficient (Wildman–Crippen LogP) is 3.09. The molecule has 0 unspecified atom stereocenters. The van der Waals surface area contributed by atoms with Gasteiger partial charge in [0, 0.05) is 18.2 Å². The van der Waals surface area contributed by atoms with Crippen molar-refractivity contribution in [1.29, 1.82) is 0 Å². The molecule has 0 aliphatic carbocycles. The second-order valence-corrected chi connectivity index (χ2v) is 7.55. The Hall–Kier alpha value is -3.10.